The van der Waals surface area contributed by atoms with Gasteiger partial charge < -0.3 is 4.98 Å². The largest absolute Gasteiger partial charge is 0.364 e. The average Bonchev–Trinajstić information content (AvgIpc) is 2.15. The van der Waals surface area contributed by atoms with E-state index >= 15 is 0 Å². The molecule has 0 aliphatic carbocycles. The summed E-state index contributed by atoms with van der Waals surface area (Å²) < 4.78 is 0. The molecule has 1 aromatic rings. The van der Waals surface area contributed by atoms with Gasteiger partial charge in [0.25, 0.3) is 0 Å². The highest BCUT2D eigenvalue weighted by Gasteiger charge is 2.09. The van der Waals surface area contributed by atoms with Crippen LogP contribution in [0.4, 0.5) is 0 Å². The number of aromatic nitrogens is 1. The quantitative estimate of drug-likeness (QED) is 0.558. The lowest BCUT2D eigenvalue weighted by atomic mass is 10.3. The summed E-state index contributed by atoms with van der Waals surface area (Å²) in [5.41, 5.74) is 2.92. The van der Waals surface area contributed by atoms with E-state index in [1.54, 1.807) is 0 Å². The Labute approximate surface area is 52.5 Å². The summed E-state index contributed by atoms with van der Waals surface area (Å²) in [6.07, 6.45) is 2.02. The molecule has 0 fully saturated rings. The Morgan fingerprint density at radius 3 is 3.38 bits per heavy atom. The molecule has 0 saturated carbocycles. The topological polar surface area (TPSA) is 15.8 Å². The van der Waals surface area contributed by atoms with E-state index in [0.717, 1.165) is 0 Å². The Balaban J connectivity index is 2.54. The molecule has 1 aromatic heterocycles. The summed E-state index contributed by atoms with van der Waals surface area (Å²) in [5, 5.41) is 0. The van der Waals surface area contributed by atoms with Crippen molar-refractivity contribution in [2.75, 3.05) is 0 Å². The van der Waals surface area contributed by atoms with Gasteiger partial charge in [-0.05, 0) is 11.6 Å². The van der Waals surface area contributed by atoms with Crippen LogP contribution in [0.1, 0.15) is 11.3 Å². The van der Waals surface area contributed by atoms with E-state index in [2.05, 4.69) is 11.1 Å². The monoisotopic (exact) mass is 125 g/mol. The molecule has 2 heteroatoms. The molecule has 2 rings (SSSR count). The van der Waals surface area contributed by atoms with Crippen LogP contribution in [0.25, 0.3) is 0 Å². The van der Waals surface area contributed by atoms with Gasteiger partial charge in [0.1, 0.15) is 0 Å². The fourth-order valence-electron chi connectivity index (χ4n) is 0.969. The van der Waals surface area contributed by atoms with Gasteiger partial charge >= 0.3 is 0 Å². The van der Waals surface area contributed by atoms with Crippen molar-refractivity contribution in [1.82, 2.24) is 4.98 Å². The number of fused-ring (bicyclic) bond motifs is 1. The number of H-pyrrole nitrogens is 1. The van der Waals surface area contributed by atoms with E-state index in [4.69, 9.17) is 0 Å². The molecular formula is C6H7NS. The van der Waals surface area contributed by atoms with Crippen molar-refractivity contribution < 1.29 is 0 Å². The smallest absolute Gasteiger partial charge is 0.0342 e. The molecule has 0 spiro atoms. The Kier molecular flexibility index (Phi) is 0.875. The molecule has 8 heavy (non-hydrogen) atoms. The number of thioether (sulfide) groups is 1. The van der Waals surface area contributed by atoms with Crippen LogP contribution >= 0.6 is 11.8 Å². The van der Waals surface area contributed by atoms with Crippen LogP contribution in [0.2, 0.25) is 0 Å². The van der Waals surface area contributed by atoms with Crippen LogP contribution in [-0.2, 0) is 11.5 Å². The van der Waals surface area contributed by atoms with E-state index in [9.17, 15) is 0 Å². The lowest BCUT2D eigenvalue weighted by molar-refractivity contribution is 1.23. The minimum absolute atomic E-state index is 1.18. The Morgan fingerprint density at radius 2 is 2.50 bits per heavy atom. The predicted molar refractivity (Wildman–Crippen MR) is 35.8 cm³/mol. The number of rotatable bonds is 0. The molecule has 2 heterocycles. The van der Waals surface area contributed by atoms with Gasteiger partial charge in [0.05, 0.1) is 0 Å². The second kappa shape index (κ2) is 1.55. The molecule has 0 bridgehead atoms. The van der Waals surface area contributed by atoms with E-state index in [0.29, 0.717) is 0 Å². The third-order valence-electron chi connectivity index (χ3n) is 1.43. The van der Waals surface area contributed by atoms with Gasteiger partial charge in [0.15, 0.2) is 0 Å². The molecule has 0 saturated heterocycles. The lowest BCUT2D eigenvalue weighted by Crippen LogP contribution is -1.72. The first-order valence-electron chi connectivity index (χ1n) is 2.70. The first-order valence-corrected chi connectivity index (χ1v) is 3.85. The highest BCUT2D eigenvalue weighted by Crippen LogP contribution is 2.27. The second-order valence-electron chi connectivity index (χ2n) is 1.97. The highest BCUT2D eigenvalue weighted by atomic mass is 32.2. The zero-order valence-electron chi connectivity index (χ0n) is 4.48. The van der Waals surface area contributed by atoms with Crippen LogP contribution in [0, 0.1) is 0 Å². The molecule has 1 nitrogen and oxygen atoms in total. The SMILES string of the molecule is c1cc2c([nH]1)CSC2. The number of aromatic amines is 1. The highest BCUT2D eigenvalue weighted by molar-refractivity contribution is 7.98. The van der Waals surface area contributed by atoms with Crippen molar-refractivity contribution in [2.24, 2.45) is 0 Å². The maximum atomic E-state index is 3.20. The normalized spacial score (nSPS) is 16.5. The van der Waals surface area contributed by atoms with Gasteiger partial charge in [-0.2, -0.15) is 11.8 Å². The summed E-state index contributed by atoms with van der Waals surface area (Å²) >= 11 is 1.98. The van der Waals surface area contributed by atoms with Crippen LogP contribution in [0.15, 0.2) is 12.3 Å². The van der Waals surface area contributed by atoms with E-state index in [1.165, 1.54) is 22.8 Å². The van der Waals surface area contributed by atoms with Crippen molar-refractivity contribution in [3.05, 3.63) is 23.5 Å². The molecule has 42 valence electrons. The van der Waals surface area contributed by atoms with E-state index < -0.39 is 0 Å². The average molecular weight is 125 g/mol. The van der Waals surface area contributed by atoms with Gasteiger partial charge in [-0.15, -0.1) is 0 Å². The molecule has 1 N–H and O–H groups in total. The minimum Gasteiger partial charge on any atom is -0.364 e. The second-order valence-corrected chi connectivity index (χ2v) is 2.96. The third-order valence-corrected chi connectivity index (χ3v) is 2.44. The summed E-state index contributed by atoms with van der Waals surface area (Å²) in [6, 6.07) is 2.16. The van der Waals surface area contributed by atoms with Gasteiger partial charge in [0, 0.05) is 23.4 Å². The van der Waals surface area contributed by atoms with E-state index in [1.807, 2.05) is 18.0 Å². The summed E-state index contributed by atoms with van der Waals surface area (Å²) in [7, 11) is 0. The molecule has 0 unspecified atom stereocenters. The van der Waals surface area contributed by atoms with Gasteiger partial charge in [-0.1, -0.05) is 0 Å². The molecule has 0 aromatic carbocycles. The van der Waals surface area contributed by atoms with Gasteiger partial charge in [-0.25, -0.2) is 0 Å². The molecule has 0 atom stereocenters. The van der Waals surface area contributed by atoms with Crippen LogP contribution < -0.4 is 0 Å². The van der Waals surface area contributed by atoms with Crippen molar-refractivity contribution in [3.63, 3.8) is 0 Å². The fourth-order valence-corrected chi connectivity index (χ4v) is 2.03. The van der Waals surface area contributed by atoms with Crippen molar-refractivity contribution in [1.29, 1.82) is 0 Å². The Morgan fingerprint density at radius 1 is 1.50 bits per heavy atom. The number of hydrogen-bond donors (Lipinski definition) is 1. The van der Waals surface area contributed by atoms with Crippen LogP contribution in [0.3, 0.4) is 0 Å². The molecule has 1 aliphatic rings. The zero-order valence-corrected chi connectivity index (χ0v) is 5.29. The number of nitrogens with one attached hydrogen (secondary N) is 1. The van der Waals surface area contributed by atoms with Crippen molar-refractivity contribution in [2.45, 2.75) is 11.5 Å². The van der Waals surface area contributed by atoms with Crippen LogP contribution in [-0.4, -0.2) is 4.98 Å². The molecule has 1 aliphatic heterocycles. The van der Waals surface area contributed by atoms with E-state index in [-0.39, 0.29) is 0 Å². The predicted octanol–water partition coefficient (Wildman–Crippen LogP) is 1.76. The zero-order chi connectivity index (χ0) is 5.40. The summed E-state index contributed by atoms with van der Waals surface area (Å²) in [6.45, 7) is 0. The molecule has 0 radical (unpaired) electrons. The standard InChI is InChI=1S/C6H7NS/c1-2-7-6-4-8-3-5(1)6/h1-2,7H,3-4H2. The first-order chi connectivity index (χ1) is 3.97. The van der Waals surface area contributed by atoms with Crippen molar-refractivity contribution in [3.8, 4) is 0 Å². The maximum Gasteiger partial charge on any atom is 0.0342 e. The fraction of sp³-hybridized carbons (Fsp3) is 0.333. The first kappa shape index (κ1) is 4.50. The lowest BCUT2D eigenvalue weighted by Gasteiger charge is -1.80. The van der Waals surface area contributed by atoms with Crippen molar-refractivity contribution >= 4 is 11.8 Å². The summed E-state index contributed by atoms with van der Waals surface area (Å²) in [5.74, 6) is 2.39. The van der Waals surface area contributed by atoms with Gasteiger partial charge in [0.2, 0.25) is 0 Å². The molecule has 0 amide bonds. The Bertz CT molecular complexity index is 174. The van der Waals surface area contributed by atoms with Crippen LogP contribution in [0.5, 0.6) is 0 Å². The van der Waals surface area contributed by atoms with Gasteiger partial charge in [-0.3, -0.25) is 0 Å². The number of hydrogen-bond acceptors (Lipinski definition) is 1. The Hall–Kier alpha value is -0.370. The summed E-state index contributed by atoms with van der Waals surface area (Å²) in [4.78, 5) is 3.20. The minimum atomic E-state index is 1.18. The maximum absolute atomic E-state index is 3.20. The molecular weight excluding hydrogens is 118 g/mol. The third kappa shape index (κ3) is 0.494.